The van der Waals surface area contributed by atoms with Crippen molar-refractivity contribution in [1.82, 2.24) is 0 Å². The summed E-state index contributed by atoms with van der Waals surface area (Å²) < 4.78 is 5.64. The Hall–Kier alpha value is -2.84. The van der Waals surface area contributed by atoms with Crippen LogP contribution in [0.3, 0.4) is 0 Å². The first-order valence-electron chi connectivity index (χ1n) is 6.43. The van der Waals surface area contributed by atoms with E-state index in [0.717, 1.165) is 0 Å². The molecule has 5 nitrogen and oxygen atoms in total. The molecule has 0 saturated heterocycles. The Kier molecular flexibility index (Phi) is 4.54. The minimum atomic E-state index is -0.556. The summed E-state index contributed by atoms with van der Waals surface area (Å²) in [5.41, 5.74) is 6.72. The van der Waals surface area contributed by atoms with Crippen LogP contribution in [-0.4, -0.2) is 11.9 Å². The highest BCUT2D eigenvalue weighted by Gasteiger charge is 2.07. The number of carbonyl (C=O) groups excluding carboxylic acids is 1. The van der Waals surface area contributed by atoms with E-state index in [9.17, 15) is 4.79 Å². The van der Waals surface area contributed by atoms with E-state index in [0.29, 0.717) is 22.7 Å². The topological polar surface area (TPSA) is 88.1 Å². The predicted octanol–water partition coefficient (Wildman–Crippen LogP) is 2.64. The van der Waals surface area contributed by atoms with Gasteiger partial charge in [0.15, 0.2) is 0 Å². The summed E-state index contributed by atoms with van der Waals surface area (Å²) in [6.07, 6.45) is 0. The average molecular weight is 281 g/mol. The van der Waals surface area contributed by atoms with Gasteiger partial charge in [-0.2, -0.15) is 5.26 Å². The number of anilines is 1. The van der Waals surface area contributed by atoms with Gasteiger partial charge in [0.2, 0.25) is 5.91 Å². The third-order valence-corrected chi connectivity index (χ3v) is 2.75. The molecule has 0 bridgehead atoms. The number of amides is 1. The molecule has 0 aromatic heterocycles. The maximum absolute atomic E-state index is 11.5. The lowest BCUT2D eigenvalue weighted by Gasteiger charge is -2.09. The normalized spacial score (nSPS) is 11.3. The third-order valence-electron chi connectivity index (χ3n) is 2.75. The van der Waals surface area contributed by atoms with E-state index in [2.05, 4.69) is 5.32 Å². The fourth-order valence-electron chi connectivity index (χ4n) is 1.60. The Balaban J connectivity index is 2.02. The van der Waals surface area contributed by atoms with Crippen LogP contribution in [0.15, 0.2) is 48.5 Å². The van der Waals surface area contributed by atoms with E-state index in [-0.39, 0.29) is 5.91 Å². The van der Waals surface area contributed by atoms with Crippen LogP contribution in [0.2, 0.25) is 0 Å². The molecule has 1 atom stereocenters. The molecule has 0 fully saturated rings. The van der Waals surface area contributed by atoms with Crippen LogP contribution in [0.25, 0.3) is 0 Å². The second-order valence-corrected chi connectivity index (χ2v) is 4.54. The Morgan fingerprint density at radius 1 is 1.14 bits per heavy atom. The average Bonchev–Trinajstić information content (AvgIpc) is 2.50. The van der Waals surface area contributed by atoms with Gasteiger partial charge in [0.1, 0.15) is 11.5 Å². The van der Waals surface area contributed by atoms with E-state index >= 15 is 0 Å². The molecule has 0 aliphatic carbocycles. The zero-order valence-electron chi connectivity index (χ0n) is 11.5. The highest BCUT2D eigenvalue weighted by molar-refractivity contribution is 5.94. The lowest BCUT2D eigenvalue weighted by molar-refractivity contribution is -0.117. The highest BCUT2D eigenvalue weighted by atomic mass is 16.5. The number of nitrogens with zero attached hydrogens (tertiary/aromatic N) is 1. The number of ether oxygens (including phenoxy) is 1. The summed E-state index contributed by atoms with van der Waals surface area (Å²) in [5, 5.41) is 11.4. The molecule has 2 rings (SSSR count). The summed E-state index contributed by atoms with van der Waals surface area (Å²) in [5.74, 6) is 1.04. The molecule has 0 aliphatic rings. The van der Waals surface area contributed by atoms with Gasteiger partial charge in [-0.05, 0) is 55.5 Å². The van der Waals surface area contributed by atoms with Gasteiger partial charge in [-0.25, -0.2) is 0 Å². The number of hydrogen-bond donors (Lipinski definition) is 2. The van der Waals surface area contributed by atoms with Gasteiger partial charge in [-0.15, -0.1) is 0 Å². The third kappa shape index (κ3) is 4.06. The first kappa shape index (κ1) is 14.6. The summed E-state index contributed by atoms with van der Waals surface area (Å²) in [7, 11) is 0. The van der Waals surface area contributed by atoms with Gasteiger partial charge in [0.25, 0.3) is 0 Å². The fraction of sp³-hybridized carbons (Fsp3) is 0.125. The van der Waals surface area contributed by atoms with Gasteiger partial charge in [0, 0.05) is 5.69 Å². The van der Waals surface area contributed by atoms with Crippen LogP contribution in [-0.2, 0) is 4.79 Å². The van der Waals surface area contributed by atoms with Crippen molar-refractivity contribution in [2.24, 2.45) is 5.73 Å². The number of rotatable bonds is 4. The Bertz CT molecular complexity index is 655. The SMILES string of the molecule is CC(N)C(=O)Nc1ccc(Oc2ccc(C#N)cc2)cc1. The molecule has 5 heteroatoms. The van der Waals surface area contributed by atoms with Gasteiger partial charge in [0.05, 0.1) is 17.7 Å². The maximum Gasteiger partial charge on any atom is 0.240 e. The van der Waals surface area contributed by atoms with E-state index < -0.39 is 6.04 Å². The largest absolute Gasteiger partial charge is 0.457 e. The first-order chi connectivity index (χ1) is 10.1. The molecular formula is C16H15N3O2. The van der Waals surface area contributed by atoms with Crippen molar-refractivity contribution in [2.45, 2.75) is 13.0 Å². The Morgan fingerprint density at radius 3 is 2.14 bits per heavy atom. The second-order valence-electron chi connectivity index (χ2n) is 4.54. The summed E-state index contributed by atoms with van der Waals surface area (Å²) in [4.78, 5) is 11.5. The molecule has 3 N–H and O–H groups in total. The predicted molar refractivity (Wildman–Crippen MR) is 80.0 cm³/mol. The molecule has 0 spiro atoms. The minimum absolute atomic E-state index is 0.240. The molecule has 0 radical (unpaired) electrons. The molecule has 2 aromatic carbocycles. The van der Waals surface area contributed by atoms with Crippen LogP contribution in [0.5, 0.6) is 11.5 Å². The van der Waals surface area contributed by atoms with Crippen molar-refractivity contribution in [3.63, 3.8) is 0 Å². The van der Waals surface area contributed by atoms with E-state index in [1.165, 1.54) is 0 Å². The number of hydrogen-bond acceptors (Lipinski definition) is 4. The summed E-state index contributed by atoms with van der Waals surface area (Å²) >= 11 is 0. The molecule has 0 saturated carbocycles. The van der Waals surface area contributed by atoms with Gasteiger partial charge in [-0.3, -0.25) is 4.79 Å². The van der Waals surface area contributed by atoms with Crippen LogP contribution >= 0.6 is 0 Å². The van der Waals surface area contributed by atoms with E-state index in [4.69, 9.17) is 15.7 Å². The van der Waals surface area contributed by atoms with Crippen molar-refractivity contribution in [1.29, 1.82) is 5.26 Å². The van der Waals surface area contributed by atoms with Gasteiger partial charge < -0.3 is 15.8 Å². The van der Waals surface area contributed by atoms with Crippen LogP contribution in [0.4, 0.5) is 5.69 Å². The van der Waals surface area contributed by atoms with Crippen molar-refractivity contribution in [3.05, 3.63) is 54.1 Å². The Morgan fingerprint density at radius 2 is 1.67 bits per heavy atom. The number of nitriles is 1. The first-order valence-corrected chi connectivity index (χ1v) is 6.43. The van der Waals surface area contributed by atoms with Crippen molar-refractivity contribution in [2.75, 3.05) is 5.32 Å². The van der Waals surface area contributed by atoms with Gasteiger partial charge in [-0.1, -0.05) is 0 Å². The molecule has 21 heavy (non-hydrogen) atoms. The van der Waals surface area contributed by atoms with E-state index in [1.807, 2.05) is 6.07 Å². The minimum Gasteiger partial charge on any atom is -0.457 e. The molecular weight excluding hydrogens is 266 g/mol. The zero-order valence-corrected chi connectivity index (χ0v) is 11.5. The quantitative estimate of drug-likeness (QED) is 0.901. The number of nitrogens with two attached hydrogens (primary N) is 1. The van der Waals surface area contributed by atoms with Crippen LogP contribution < -0.4 is 15.8 Å². The molecule has 1 unspecified atom stereocenters. The number of nitrogens with one attached hydrogen (secondary N) is 1. The van der Waals surface area contributed by atoms with Crippen LogP contribution in [0.1, 0.15) is 12.5 Å². The number of carbonyl (C=O) groups is 1. The van der Waals surface area contributed by atoms with Gasteiger partial charge >= 0.3 is 0 Å². The highest BCUT2D eigenvalue weighted by Crippen LogP contribution is 2.23. The zero-order chi connectivity index (χ0) is 15.2. The molecule has 0 aliphatic heterocycles. The Labute approximate surface area is 123 Å². The molecule has 2 aromatic rings. The fourth-order valence-corrected chi connectivity index (χ4v) is 1.60. The second kappa shape index (κ2) is 6.55. The summed E-state index contributed by atoms with van der Waals surface area (Å²) in [6.45, 7) is 1.62. The van der Waals surface area contributed by atoms with E-state index in [1.54, 1.807) is 55.5 Å². The van der Waals surface area contributed by atoms with Crippen molar-refractivity contribution >= 4 is 11.6 Å². The standard InChI is InChI=1S/C16H15N3O2/c1-11(18)16(20)19-13-4-8-15(9-5-13)21-14-6-2-12(10-17)3-7-14/h2-9,11H,18H2,1H3,(H,19,20). The lowest BCUT2D eigenvalue weighted by atomic mass is 10.2. The molecule has 106 valence electrons. The molecule has 1 amide bonds. The smallest absolute Gasteiger partial charge is 0.240 e. The van der Waals surface area contributed by atoms with Crippen molar-refractivity contribution < 1.29 is 9.53 Å². The lowest BCUT2D eigenvalue weighted by Crippen LogP contribution is -2.32. The molecule has 0 heterocycles. The monoisotopic (exact) mass is 281 g/mol. The maximum atomic E-state index is 11.5. The number of benzene rings is 2. The summed E-state index contributed by atoms with van der Waals surface area (Å²) in [6, 6.07) is 15.3. The van der Waals surface area contributed by atoms with Crippen molar-refractivity contribution in [3.8, 4) is 17.6 Å². The van der Waals surface area contributed by atoms with Crippen LogP contribution in [0, 0.1) is 11.3 Å².